The standard InChI is InChI=1S/C18H21F2N5OS/c1-13(16(26)23-14-3-5-15(6-4-14)27-17(19)20)24-9-11-25(12-10-24)18-21-7-2-8-22-18/h2-8,13,17H,9-12H2,1H3,(H,23,26)/t13-/m0/s1. The number of benzene rings is 1. The Morgan fingerprint density at radius 2 is 1.74 bits per heavy atom. The zero-order valence-electron chi connectivity index (χ0n) is 14.9. The number of amides is 1. The molecule has 1 aliphatic rings. The molecule has 3 rings (SSSR count). The van der Waals surface area contributed by atoms with Gasteiger partial charge in [0.15, 0.2) is 0 Å². The zero-order valence-corrected chi connectivity index (χ0v) is 15.7. The molecule has 0 spiro atoms. The van der Waals surface area contributed by atoms with Gasteiger partial charge in [0.1, 0.15) is 0 Å². The van der Waals surface area contributed by atoms with Crippen LogP contribution in [0, 0.1) is 0 Å². The molecule has 1 fully saturated rings. The highest BCUT2D eigenvalue weighted by molar-refractivity contribution is 7.99. The van der Waals surface area contributed by atoms with Gasteiger partial charge in [-0.25, -0.2) is 9.97 Å². The van der Waals surface area contributed by atoms with Crippen molar-refractivity contribution in [1.29, 1.82) is 0 Å². The summed E-state index contributed by atoms with van der Waals surface area (Å²) >= 11 is 0.484. The molecular formula is C18H21F2N5OS. The molecular weight excluding hydrogens is 372 g/mol. The number of nitrogens with zero attached hydrogens (tertiary/aromatic N) is 4. The van der Waals surface area contributed by atoms with Crippen LogP contribution in [0.5, 0.6) is 0 Å². The van der Waals surface area contributed by atoms with Gasteiger partial charge in [-0.3, -0.25) is 9.69 Å². The Balaban J connectivity index is 1.50. The molecule has 0 radical (unpaired) electrons. The summed E-state index contributed by atoms with van der Waals surface area (Å²) in [4.78, 5) is 25.7. The molecule has 1 aliphatic heterocycles. The van der Waals surface area contributed by atoms with Crippen LogP contribution in [0.2, 0.25) is 0 Å². The number of anilines is 2. The SMILES string of the molecule is C[C@@H](C(=O)Nc1ccc(SC(F)F)cc1)N1CCN(c2ncccn2)CC1. The van der Waals surface area contributed by atoms with E-state index in [9.17, 15) is 13.6 Å². The first-order valence-corrected chi connectivity index (χ1v) is 9.52. The van der Waals surface area contributed by atoms with Gasteiger partial charge in [-0.1, -0.05) is 11.8 Å². The number of hydrogen-bond acceptors (Lipinski definition) is 6. The molecule has 27 heavy (non-hydrogen) atoms. The van der Waals surface area contributed by atoms with E-state index in [2.05, 4.69) is 25.1 Å². The molecule has 1 saturated heterocycles. The molecule has 0 saturated carbocycles. The van der Waals surface area contributed by atoms with Crippen LogP contribution in [0.1, 0.15) is 6.92 Å². The van der Waals surface area contributed by atoms with Gasteiger partial charge >= 0.3 is 0 Å². The summed E-state index contributed by atoms with van der Waals surface area (Å²) in [6.45, 7) is 4.83. The molecule has 0 aliphatic carbocycles. The summed E-state index contributed by atoms with van der Waals surface area (Å²) in [5, 5.41) is 2.85. The average molecular weight is 393 g/mol. The molecule has 2 aromatic rings. The van der Waals surface area contributed by atoms with E-state index < -0.39 is 5.76 Å². The Hall–Kier alpha value is -2.26. The van der Waals surface area contributed by atoms with Gasteiger partial charge in [0.2, 0.25) is 11.9 Å². The lowest BCUT2D eigenvalue weighted by atomic mass is 10.2. The van der Waals surface area contributed by atoms with Crippen LogP contribution in [0.3, 0.4) is 0 Å². The maximum atomic E-state index is 12.5. The number of aromatic nitrogens is 2. The van der Waals surface area contributed by atoms with Crippen LogP contribution in [0.25, 0.3) is 0 Å². The quantitative estimate of drug-likeness (QED) is 0.762. The molecule has 9 heteroatoms. The normalized spacial score (nSPS) is 16.4. The highest BCUT2D eigenvalue weighted by Crippen LogP contribution is 2.26. The highest BCUT2D eigenvalue weighted by Gasteiger charge is 2.26. The largest absolute Gasteiger partial charge is 0.338 e. The predicted octanol–water partition coefficient (Wildman–Crippen LogP) is 2.94. The summed E-state index contributed by atoms with van der Waals surface area (Å²) in [6.07, 6.45) is 3.44. The van der Waals surface area contributed by atoms with Crippen molar-refractivity contribution in [2.45, 2.75) is 23.6 Å². The van der Waals surface area contributed by atoms with Gasteiger partial charge in [-0.2, -0.15) is 8.78 Å². The van der Waals surface area contributed by atoms with E-state index in [-0.39, 0.29) is 11.9 Å². The monoisotopic (exact) mass is 393 g/mol. The number of alkyl halides is 2. The number of carbonyl (C=O) groups excluding carboxylic acids is 1. The fraction of sp³-hybridized carbons (Fsp3) is 0.389. The van der Waals surface area contributed by atoms with Crippen LogP contribution in [0.15, 0.2) is 47.6 Å². The fourth-order valence-electron chi connectivity index (χ4n) is 2.90. The molecule has 1 N–H and O–H groups in total. The molecule has 2 heterocycles. The number of nitrogens with one attached hydrogen (secondary N) is 1. The summed E-state index contributed by atoms with van der Waals surface area (Å²) in [6, 6.07) is 7.93. The third-order valence-electron chi connectivity index (χ3n) is 4.42. The third-order valence-corrected chi connectivity index (χ3v) is 5.15. The smallest absolute Gasteiger partial charge is 0.288 e. The molecule has 0 bridgehead atoms. The molecule has 1 aromatic heterocycles. The maximum absolute atomic E-state index is 12.5. The lowest BCUT2D eigenvalue weighted by molar-refractivity contribution is -0.120. The molecule has 6 nitrogen and oxygen atoms in total. The Morgan fingerprint density at radius 1 is 1.11 bits per heavy atom. The van der Waals surface area contributed by atoms with Crippen LogP contribution in [-0.4, -0.2) is 58.8 Å². The van der Waals surface area contributed by atoms with E-state index in [1.807, 2.05) is 6.92 Å². The van der Waals surface area contributed by atoms with Gasteiger partial charge in [0.05, 0.1) is 6.04 Å². The van der Waals surface area contributed by atoms with E-state index in [0.29, 0.717) is 28.3 Å². The number of rotatable bonds is 6. The van der Waals surface area contributed by atoms with Crippen molar-refractivity contribution >= 4 is 29.3 Å². The van der Waals surface area contributed by atoms with E-state index >= 15 is 0 Å². The van der Waals surface area contributed by atoms with Crippen molar-refractivity contribution in [2.75, 3.05) is 36.4 Å². The second-order valence-corrected chi connectivity index (χ2v) is 7.20. The number of piperazine rings is 1. The van der Waals surface area contributed by atoms with E-state index in [1.165, 1.54) is 0 Å². The first-order valence-electron chi connectivity index (χ1n) is 8.64. The van der Waals surface area contributed by atoms with Crippen molar-refractivity contribution in [3.8, 4) is 0 Å². The summed E-state index contributed by atoms with van der Waals surface area (Å²) in [7, 11) is 0. The van der Waals surface area contributed by atoms with Crippen molar-refractivity contribution < 1.29 is 13.6 Å². The molecule has 1 aromatic carbocycles. The second-order valence-electron chi connectivity index (χ2n) is 6.14. The number of carbonyl (C=O) groups is 1. The van der Waals surface area contributed by atoms with Crippen LogP contribution in [0.4, 0.5) is 20.4 Å². The average Bonchev–Trinajstić information content (AvgIpc) is 2.69. The Bertz CT molecular complexity index is 739. The Labute approximate surface area is 161 Å². The van der Waals surface area contributed by atoms with Crippen LogP contribution < -0.4 is 10.2 Å². The van der Waals surface area contributed by atoms with Crippen molar-refractivity contribution in [3.05, 3.63) is 42.7 Å². The number of thioether (sulfide) groups is 1. The van der Waals surface area contributed by atoms with Crippen molar-refractivity contribution in [3.63, 3.8) is 0 Å². The lowest BCUT2D eigenvalue weighted by Gasteiger charge is -2.37. The predicted molar refractivity (Wildman–Crippen MR) is 102 cm³/mol. The van der Waals surface area contributed by atoms with Gasteiger partial charge in [-0.05, 0) is 37.3 Å². The summed E-state index contributed by atoms with van der Waals surface area (Å²) in [5.74, 6) is -1.87. The lowest BCUT2D eigenvalue weighted by Crippen LogP contribution is -2.53. The third kappa shape index (κ3) is 5.36. The number of halogens is 2. The second kappa shape index (κ2) is 9.09. The van der Waals surface area contributed by atoms with E-state index in [0.717, 1.165) is 26.2 Å². The van der Waals surface area contributed by atoms with E-state index in [1.54, 1.807) is 42.7 Å². The van der Waals surface area contributed by atoms with Gasteiger partial charge in [0, 0.05) is 49.2 Å². The molecule has 1 atom stereocenters. The molecule has 144 valence electrons. The first kappa shape index (κ1) is 19.5. The van der Waals surface area contributed by atoms with E-state index in [4.69, 9.17) is 0 Å². The zero-order chi connectivity index (χ0) is 19.2. The first-order chi connectivity index (χ1) is 13.0. The maximum Gasteiger partial charge on any atom is 0.288 e. The summed E-state index contributed by atoms with van der Waals surface area (Å²) < 4.78 is 24.7. The topological polar surface area (TPSA) is 61.4 Å². The Morgan fingerprint density at radius 3 is 2.33 bits per heavy atom. The molecule has 0 unspecified atom stereocenters. The number of hydrogen-bond donors (Lipinski definition) is 1. The van der Waals surface area contributed by atoms with Crippen LogP contribution >= 0.6 is 11.8 Å². The van der Waals surface area contributed by atoms with Gasteiger partial charge in [-0.15, -0.1) is 0 Å². The van der Waals surface area contributed by atoms with Crippen molar-refractivity contribution in [2.24, 2.45) is 0 Å². The minimum Gasteiger partial charge on any atom is -0.338 e. The Kier molecular flexibility index (Phi) is 6.57. The van der Waals surface area contributed by atoms with Crippen LogP contribution in [-0.2, 0) is 4.79 Å². The minimum absolute atomic E-state index is 0.117. The highest BCUT2D eigenvalue weighted by atomic mass is 32.2. The summed E-state index contributed by atoms with van der Waals surface area (Å²) in [5.41, 5.74) is 0.599. The van der Waals surface area contributed by atoms with Crippen molar-refractivity contribution in [1.82, 2.24) is 14.9 Å². The fourth-order valence-corrected chi connectivity index (χ4v) is 3.39. The van der Waals surface area contributed by atoms with Gasteiger partial charge < -0.3 is 10.2 Å². The molecule has 1 amide bonds. The van der Waals surface area contributed by atoms with Gasteiger partial charge in [0.25, 0.3) is 5.76 Å². The minimum atomic E-state index is -2.45.